The maximum absolute atomic E-state index is 10.9. The Bertz CT molecular complexity index is 566. The van der Waals surface area contributed by atoms with Gasteiger partial charge in [0.15, 0.2) is 0 Å². The molecule has 1 aromatic carbocycles. The van der Waals surface area contributed by atoms with E-state index >= 15 is 0 Å². The predicted octanol–water partition coefficient (Wildman–Crippen LogP) is 2.92. The van der Waals surface area contributed by atoms with Gasteiger partial charge in [-0.2, -0.15) is 5.10 Å². The average molecular weight is 338 g/mol. The molecule has 0 radical (unpaired) electrons. The zero-order chi connectivity index (χ0) is 14.4. The summed E-state index contributed by atoms with van der Waals surface area (Å²) < 4.78 is 7.39. The van der Waals surface area contributed by atoms with E-state index in [9.17, 15) is 4.79 Å². The maximum atomic E-state index is 10.9. The normalized spacial score (nSPS) is 10.3. The number of carbonyl (C=O) groups excluding carboxylic acids is 1. The van der Waals surface area contributed by atoms with Gasteiger partial charge in [0.1, 0.15) is 0 Å². The van der Waals surface area contributed by atoms with Crippen molar-refractivity contribution in [2.75, 3.05) is 13.7 Å². The number of alkyl carbamates (subject to hydrolysis) is 1. The topological polar surface area (TPSA) is 56.1 Å². The number of amides is 1. The lowest BCUT2D eigenvalue weighted by molar-refractivity contribution is 0.171. The van der Waals surface area contributed by atoms with Gasteiger partial charge in [-0.05, 0) is 42.7 Å². The number of aryl methyl sites for hydroxylation is 1. The number of ether oxygens (including phenoxy) is 1. The molecule has 1 amide bonds. The Labute approximate surface area is 126 Å². The summed E-state index contributed by atoms with van der Waals surface area (Å²) in [4.78, 5) is 10.9. The average Bonchev–Trinajstić information content (AvgIpc) is 2.93. The summed E-state index contributed by atoms with van der Waals surface area (Å²) in [7, 11) is 1.36. The van der Waals surface area contributed by atoms with Crippen LogP contribution in [-0.2, 0) is 11.2 Å². The molecule has 1 aromatic heterocycles. The second kappa shape index (κ2) is 7.09. The van der Waals surface area contributed by atoms with Crippen LogP contribution in [0.1, 0.15) is 12.0 Å². The number of methoxy groups -OCH3 is 1. The zero-order valence-corrected chi connectivity index (χ0v) is 12.8. The van der Waals surface area contributed by atoms with Gasteiger partial charge >= 0.3 is 6.09 Å². The number of halogens is 1. The SMILES string of the molecule is COC(=O)NCCCc1cnn(-c2ccc(Br)cc2)c1. The van der Waals surface area contributed by atoms with Gasteiger partial charge in [0.2, 0.25) is 0 Å². The summed E-state index contributed by atoms with van der Waals surface area (Å²) in [6, 6.07) is 7.97. The highest BCUT2D eigenvalue weighted by molar-refractivity contribution is 9.10. The van der Waals surface area contributed by atoms with Crippen LogP contribution in [0, 0.1) is 0 Å². The minimum absolute atomic E-state index is 0.393. The molecule has 0 unspecified atom stereocenters. The van der Waals surface area contributed by atoms with Crippen LogP contribution in [0.3, 0.4) is 0 Å². The molecular weight excluding hydrogens is 322 g/mol. The number of benzene rings is 1. The smallest absolute Gasteiger partial charge is 0.406 e. The van der Waals surface area contributed by atoms with E-state index in [0.717, 1.165) is 28.6 Å². The quantitative estimate of drug-likeness (QED) is 0.853. The molecule has 6 heteroatoms. The van der Waals surface area contributed by atoms with Crippen LogP contribution in [-0.4, -0.2) is 29.5 Å². The third kappa shape index (κ3) is 4.09. The van der Waals surface area contributed by atoms with Crippen molar-refractivity contribution in [2.24, 2.45) is 0 Å². The van der Waals surface area contributed by atoms with Crippen molar-refractivity contribution in [2.45, 2.75) is 12.8 Å². The van der Waals surface area contributed by atoms with E-state index in [1.165, 1.54) is 7.11 Å². The fourth-order valence-electron chi connectivity index (χ4n) is 1.78. The molecule has 0 bridgehead atoms. The minimum atomic E-state index is -0.393. The van der Waals surface area contributed by atoms with E-state index in [-0.39, 0.29) is 0 Å². The van der Waals surface area contributed by atoms with Crippen LogP contribution in [0.5, 0.6) is 0 Å². The second-order valence-electron chi connectivity index (χ2n) is 4.29. The third-order valence-electron chi connectivity index (χ3n) is 2.82. The highest BCUT2D eigenvalue weighted by atomic mass is 79.9. The number of carbonyl (C=O) groups is 1. The summed E-state index contributed by atoms with van der Waals surface area (Å²) in [6.07, 6.45) is 5.17. The van der Waals surface area contributed by atoms with Gasteiger partial charge in [0, 0.05) is 17.2 Å². The van der Waals surface area contributed by atoms with Crippen molar-refractivity contribution < 1.29 is 9.53 Å². The summed E-state index contributed by atoms with van der Waals surface area (Å²) in [5, 5.41) is 6.99. The zero-order valence-electron chi connectivity index (χ0n) is 11.2. The van der Waals surface area contributed by atoms with Gasteiger partial charge in [-0.3, -0.25) is 0 Å². The largest absolute Gasteiger partial charge is 0.453 e. The first kappa shape index (κ1) is 14.6. The van der Waals surface area contributed by atoms with Crippen LogP contribution in [0.15, 0.2) is 41.1 Å². The Morgan fingerprint density at radius 2 is 2.15 bits per heavy atom. The fourth-order valence-corrected chi connectivity index (χ4v) is 2.04. The lowest BCUT2D eigenvalue weighted by Gasteiger charge is -2.02. The monoisotopic (exact) mass is 337 g/mol. The van der Waals surface area contributed by atoms with Crippen LogP contribution in [0.25, 0.3) is 5.69 Å². The highest BCUT2D eigenvalue weighted by Crippen LogP contribution is 2.14. The maximum Gasteiger partial charge on any atom is 0.406 e. The lowest BCUT2D eigenvalue weighted by Crippen LogP contribution is -2.24. The van der Waals surface area contributed by atoms with Crippen LogP contribution < -0.4 is 5.32 Å². The third-order valence-corrected chi connectivity index (χ3v) is 3.35. The van der Waals surface area contributed by atoms with E-state index in [2.05, 4.69) is 31.1 Å². The number of nitrogens with one attached hydrogen (secondary N) is 1. The molecule has 1 heterocycles. The molecule has 5 nitrogen and oxygen atoms in total. The summed E-state index contributed by atoms with van der Waals surface area (Å²) in [5.74, 6) is 0. The molecule has 20 heavy (non-hydrogen) atoms. The lowest BCUT2D eigenvalue weighted by atomic mass is 10.2. The van der Waals surface area contributed by atoms with Gasteiger partial charge in [0.25, 0.3) is 0 Å². The Hall–Kier alpha value is -1.82. The second-order valence-corrected chi connectivity index (χ2v) is 5.21. The number of aromatic nitrogens is 2. The molecule has 1 N–H and O–H groups in total. The Morgan fingerprint density at radius 3 is 2.85 bits per heavy atom. The molecule has 0 aliphatic heterocycles. The van der Waals surface area contributed by atoms with Crippen LogP contribution in [0.4, 0.5) is 4.79 Å². The first-order chi connectivity index (χ1) is 9.69. The van der Waals surface area contributed by atoms with Crippen LogP contribution in [0.2, 0.25) is 0 Å². The van der Waals surface area contributed by atoms with Crippen molar-refractivity contribution in [1.82, 2.24) is 15.1 Å². The van der Waals surface area contributed by atoms with E-state index in [4.69, 9.17) is 0 Å². The van der Waals surface area contributed by atoms with E-state index < -0.39 is 6.09 Å². The molecule has 0 spiro atoms. The van der Waals surface area contributed by atoms with E-state index in [0.29, 0.717) is 6.54 Å². The molecule has 2 rings (SSSR count). The molecule has 0 saturated heterocycles. The molecule has 2 aromatic rings. The van der Waals surface area contributed by atoms with Crippen molar-refractivity contribution in [3.8, 4) is 5.69 Å². The van der Waals surface area contributed by atoms with E-state index in [1.54, 1.807) is 0 Å². The summed E-state index contributed by atoms with van der Waals surface area (Å²) >= 11 is 3.41. The predicted molar refractivity (Wildman–Crippen MR) is 80.0 cm³/mol. The van der Waals surface area contributed by atoms with Gasteiger partial charge in [-0.1, -0.05) is 15.9 Å². The van der Waals surface area contributed by atoms with Crippen molar-refractivity contribution >= 4 is 22.0 Å². The number of nitrogens with zero attached hydrogens (tertiary/aromatic N) is 2. The first-order valence-corrected chi connectivity index (χ1v) is 7.09. The number of hydrogen-bond acceptors (Lipinski definition) is 3. The van der Waals surface area contributed by atoms with Crippen LogP contribution >= 0.6 is 15.9 Å². The molecule has 0 saturated carbocycles. The summed E-state index contributed by atoms with van der Waals surface area (Å²) in [5.41, 5.74) is 2.16. The highest BCUT2D eigenvalue weighted by Gasteiger charge is 2.02. The molecule has 0 aliphatic carbocycles. The number of hydrogen-bond donors (Lipinski definition) is 1. The van der Waals surface area contributed by atoms with Crippen molar-refractivity contribution in [1.29, 1.82) is 0 Å². The van der Waals surface area contributed by atoms with Gasteiger partial charge in [-0.15, -0.1) is 0 Å². The Morgan fingerprint density at radius 1 is 1.40 bits per heavy atom. The fraction of sp³-hybridized carbons (Fsp3) is 0.286. The van der Waals surface area contributed by atoms with Gasteiger partial charge in [-0.25, -0.2) is 9.48 Å². The van der Waals surface area contributed by atoms with Crippen molar-refractivity contribution in [3.63, 3.8) is 0 Å². The van der Waals surface area contributed by atoms with Gasteiger partial charge in [0.05, 0.1) is 19.0 Å². The molecule has 0 fully saturated rings. The number of rotatable bonds is 5. The minimum Gasteiger partial charge on any atom is -0.453 e. The Balaban J connectivity index is 1.86. The van der Waals surface area contributed by atoms with Crippen molar-refractivity contribution in [3.05, 3.63) is 46.7 Å². The standard InChI is InChI=1S/C14H16BrN3O2/c1-20-14(19)16-8-2-3-11-9-17-18(10-11)13-6-4-12(15)5-7-13/h4-7,9-10H,2-3,8H2,1H3,(H,16,19). The molecular formula is C14H16BrN3O2. The van der Waals surface area contributed by atoms with Gasteiger partial charge < -0.3 is 10.1 Å². The Kier molecular flexibility index (Phi) is 5.17. The molecule has 0 aliphatic rings. The molecule has 0 atom stereocenters. The van der Waals surface area contributed by atoms with E-state index in [1.807, 2.05) is 41.3 Å². The molecule has 106 valence electrons. The summed E-state index contributed by atoms with van der Waals surface area (Å²) in [6.45, 7) is 0.593. The first-order valence-electron chi connectivity index (χ1n) is 6.30.